The molecule has 6 N–H and O–H groups in total. The van der Waals surface area contributed by atoms with Crippen LogP contribution in [0.3, 0.4) is 0 Å². The lowest BCUT2D eigenvalue weighted by Gasteiger charge is -2.35. The summed E-state index contributed by atoms with van der Waals surface area (Å²) < 4.78 is 156. The number of halogens is 12. The van der Waals surface area contributed by atoms with Crippen LogP contribution in [-0.4, -0.2) is 131 Å². The van der Waals surface area contributed by atoms with Gasteiger partial charge >= 0.3 is 30.7 Å². The maximum absolute atomic E-state index is 13.1. The number of nitrogen functional groups attached to an aromatic ring is 1. The van der Waals surface area contributed by atoms with Crippen LogP contribution in [0.1, 0.15) is 56.8 Å². The van der Waals surface area contributed by atoms with E-state index in [1.807, 2.05) is 23.6 Å². The van der Waals surface area contributed by atoms with Crippen LogP contribution in [0.25, 0.3) is 0 Å². The Morgan fingerprint density at radius 1 is 0.514 bits per heavy atom. The van der Waals surface area contributed by atoms with Gasteiger partial charge in [0, 0.05) is 105 Å². The number of nitrogens with one attached hydrogen (secondary N) is 2. The maximum atomic E-state index is 13.1. The molecule has 70 heavy (non-hydrogen) atoms. The average Bonchev–Trinajstić information content (AvgIpc) is 3.28. The number of rotatable bonds is 10. The molecule has 0 bridgehead atoms. The molecule has 2 fully saturated rings. The third-order valence-electron chi connectivity index (χ3n) is 11.5. The van der Waals surface area contributed by atoms with E-state index in [-0.39, 0.29) is 37.0 Å². The van der Waals surface area contributed by atoms with E-state index >= 15 is 0 Å². The number of benzene rings is 4. The van der Waals surface area contributed by atoms with Crippen LogP contribution in [0.15, 0.2) is 97.1 Å². The zero-order valence-electron chi connectivity index (χ0n) is 37.4. The number of carbonyl (C=O) groups is 3. The van der Waals surface area contributed by atoms with E-state index < -0.39 is 47.0 Å². The molecule has 0 aromatic heterocycles. The van der Waals surface area contributed by atoms with Crippen LogP contribution >= 0.6 is 0 Å². The van der Waals surface area contributed by atoms with Gasteiger partial charge in [-0.3, -0.25) is 19.4 Å². The van der Waals surface area contributed by atoms with Crippen molar-refractivity contribution in [2.75, 3.05) is 63.4 Å². The molecule has 2 saturated heterocycles. The quantitative estimate of drug-likeness (QED) is 0.0791. The van der Waals surface area contributed by atoms with E-state index in [0.29, 0.717) is 110 Å². The van der Waals surface area contributed by atoms with E-state index in [9.17, 15) is 77.3 Å². The van der Waals surface area contributed by atoms with E-state index in [4.69, 9.17) is 5.73 Å². The third kappa shape index (κ3) is 12.8. The molecule has 0 aliphatic carbocycles. The lowest BCUT2D eigenvalue weighted by atomic mass is 9.91. The SMILES string of the molecule is CC(C)NC(=O)Nc1ccc(C(=O)N2CCN(Cc3ccc(C(O)(C(F)(F)F)C(F)(F)F)cc3)CC2)cc1.Nc1ccc(C(=O)N2CCN(Cc3ccc(C(O)(C(F)(F)F)C(F)(F)F)cc3)CC2)cc1. The minimum Gasteiger partial charge on any atom is -0.399 e. The second-order valence-corrected chi connectivity index (χ2v) is 16.9. The van der Waals surface area contributed by atoms with Crippen molar-refractivity contribution in [2.24, 2.45) is 0 Å². The summed E-state index contributed by atoms with van der Waals surface area (Å²) in [6, 6.07) is 19.6. The van der Waals surface area contributed by atoms with Crippen molar-refractivity contribution in [2.45, 2.75) is 68.9 Å². The largest absolute Gasteiger partial charge is 0.430 e. The van der Waals surface area contributed by atoms with Gasteiger partial charge in [0.05, 0.1) is 0 Å². The number of nitrogens with zero attached hydrogens (tertiary/aromatic N) is 4. The van der Waals surface area contributed by atoms with Gasteiger partial charge < -0.3 is 36.4 Å². The van der Waals surface area contributed by atoms with Crippen molar-refractivity contribution in [1.29, 1.82) is 0 Å². The summed E-state index contributed by atoms with van der Waals surface area (Å²) in [5.74, 6) is -0.349. The molecule has 0 unspecified atom stereocenters. The number of aliphatic hydroxyl groups is 2. The first-order valence-electron chi connectivity index (χ1n) is 21.4. The van der Waals surface area contributed by atoms with Crippen molar-refractivity contribution < 1.29 is 77.3 Å². The van der Waals surface area contributed by atoms with Gasteiger partial charge in [-0.25, -0.2) is 4.79 Å². The monoisotopic (exact) mass is 1010 g/mol. The highest BCUT2D eigenvalue weighted by Gasteiger charge is 2.72. The number of carbonyl (C=O) groups excluding carboxylic acids is 3. The van der Waals surface area contributed by atoms with Crippen LogP contribution in [0.5, 0.6) is 0 Å². The number of urea groups is 1. The number of nitrogens with two attached hydrogens (primary N) is 1. The smallest absolute Gasteiger partial charge is 0.399 e. The molecular formula is C46H49F12N7O5. The third-order valence-corrected chi connectivity index (χ3v) is 11.5. The molecule has 6 rings (SSSR count). The Morgan fingerprint density at radius 2 is 0.829 bits per heavy atom. The van der Waals surface area contributed by atoms with Crippen LogP contribution in [-0.2, 0) is 24.3 Å². The van der Waals surface area contributed by atoms with Gasteiger partial charge in [-0.2, -0.15) is 52.7 Å². The molecule has 2 aliphatic heterocycles. The number of hydrogen-bond donors (Lipinski definition) is 5. The molecule has 24 heteroatoms. The molecule has 4 amide bonds. The highest BCUT2D eigenvalue weighted by molar-refractivity contribution is 5.96. The van der Waals surface area contributed by atoms with Gasteiger partial charge in [-0.15, -0.1) is 0 Å². The summed E-state index contributed by atoms with van der Waals surface area (Å²) in [7, 11) is 0. The number of anilines is 2. The number of amides is 4. The average molecular weight is 1010 g/mol. The second-order valence-electron chi connectivity index (χ2n) is 16.9. The van der Waals surface area contributed by atoms with Crippen molar-refractivity contribution in [3.05, 3.63) is 130 Å². The fourth-order valence-electron chi connectivity index (χ4n) is 7.53. The van der Waals surface area contributed by atoms with Gasteiger partial charge in [0.25, 0.3) is 23.0 Å². The first kappa shape index (κ1) is 54.8. The summed E-state index contributed by atoms with van der Waals surface area (Å²) in [6.07, 6.45) is -23.7. The van der Waals surface area contributed by atoms with Crippen LogP contribution in [0.4, 0.5) is 68.9 Å². The lowest BCUT2D eigenvalue weighted by molar-refractivity contribution is -0.376. The number of alkyl halides is 12. The second kappa shape index (κ2) is 21.5. The van der Waals surface area contributed by atoms with Gasteiger partial charge in [0.1, 0.15) is 0 Å². The van der Waals surface area contributed by atoms with Crippen molar-refractivity contribution in [3.8, 4) is 0 Å². The van der Waals surface area contributed by atoms with E-state index in [2.05, 4.69) is 10.6 Å². The first-order chi connectivity index (χ1) is 32.4. The fraction of sp³-hybridized carbons (Fsp3) is 0.413. The van der Waals surface area contributed by atoms with E-state index in [1.165, 1.54) is 0 Å². The highest BCUT2D eigenvalue weighted by Crippen LogP contribution is 2.51. The Labute approximate surface area is 393 Å². The molecule has 4 aromatic carbocycles. The number of hydrogen-bond acceptors (Lipinski definition) is 8. The molecular weight excluding hydrogens is 959 g/mol. The molecule has 0 spiro atoms. The molecule has 0 radical (unpaired) electrons. The molecule has 0 atom stereocenters. The minimum atomic E-state index is -5.94. The van der Waals surface area contributed by atoms with E-state index in [0.717, 1.165) is 24.3 Å². The molecule has 4 aromatic rings. The van der Waals surface area contributed by atoms with Crippen LogP contribution < -0.4 is 16.4 Å². The Bertz CT molecular complexity index is 2350. The Kier molecular flexibility index (Phi) is 16.8. The molecule has 382 valence electrons. The molecule has 2 heterocycles. The summed E-state index contributed by atoms with van der Waals surface area (Å²) in [5, 5.41) is 24.3. The minimum absolute atomic E-state index is 0.0299. The van der Waals surface area contributed by atoms with E-state index in [1.54, 1.807) is 58.3 Å². The fourth-order valence-corrected chi connectivity index (χ4v) is 7.53. The predicted molar refractivity (Wildman–Crippen MR) is 232 cm³/mol. The Balaban J connectivity index is 0.000000265. The maximum Gasteiger partial charge on any atom is 0.430 e. The van der Waals surface area contributed by atoms with Crippen molar-refractivity contribution in [1.82, 2.24) is 24.9 Å². The summed E-state index contributed by atoms with van der Waals surface area (Å²) >= 11 is 0. The van der Waals surface area contributed by atoms with Crippen LogP contribution in [0.2, 0.25) is 0 Å². The number of piperazine rings is 2. The van der Waals surface area contributed by atoms with Gasteiger partial charge in [0.15, 0.2) is 0 Å². The van der Waals surface area contributed by atoms with Crippen LogP contribution in [0, 0.1) is 0 Å². The summed E-state index contributed by atoms with van der Waals surface area (Å²) in [6.45, 7) is 7.61. The normalized spacial score (nSPS) is 15.8. The summed E-state index contributed by atoms with van der Waals surface area (Å²) in [4.78, 5) is 44.3. The zero-order valence-corrected chi connectivity index (χ0v) is 37.4. The molecule has 0 saturated carbocycles. The first-order valence-corrected chi connectivity index (χ1v) is 21.4. The highest BCUT2D eigenvalue weighted by atomic mass is 19.4. The molecule has 2 aliphatic rings. The predicted octanol–water partition coefficient (Wildman–Crippen LogP) is 8.03. The Morgan fingerprint density at radius 3 is 1.13 bits per heavy atom. The zero-order chi connectivity index (χ0) is 52.0. The van der Waals surface area contributed by atoms with Gasteiger partial charge in [-0.1, -0.05) is 48.5 Å². The molecule has 12 nitrogen and oxygen atoms in total. The standard InChI is InChI=1S/C25H28F6N4O3.C21H21F6N3O2/c1-16(2)32-22(37)33-20-9-5-18(6-10-20)21(36)35-13-11-34(12-14-35)15-17-3-7-19(8-4-17)23(38,24(26,27)28)25(29,30)31;22-20(23,24)19(32,21(25,26)27)16-5-1-14(2-6-16)13-29-9-11-30(12-10-29)18(31)15-3-7-17(28)8-4-15/h3-10,16,38H,11-15H2,1-2H3,(H2,32,33,37);1-8,32H,9-13,28H2. The van der Waals surface area contributed by atoms with Gasteiger partial charge in [-0.05, 0) is 73.5 Å². The van der Waals surface area contributed by atoms with Crippen molar-refractivity contribution in [3.63, 3.8) is 0 Å². The summed E-state index contributed by atoms with van der Waals surface area (Å²) in [5.41, 5.74) is -3.92. The Hall–Kier alpha value is -6.11. The topological polar surface area (TPSA) is 155 Å². The van der Waals surface area contributed by atoms with Crippen molar-refractivity contribution >= 4 is 29.2 Å². The lowest BCUT2D eigenvalue weighted by Crippen LogP contribution is -2.53. The van der Waals surface area contributed by atoms with Gasteiger partial charge in [0.2, 0.25) is 0 Å².